The highest BCUT2D eigenvalue weighted by atomic mass is 15.4. The zero-order valence-electron chi connectivity index (χ0n) is 15.4. The molecule has 4 N–H and O–H groups in total. The molecule has 0 aromatic carbocycles. The molecule has 7 heteroatoms. The van der Waals surface area contributed by atoms with E-state index in [0.717, 1.165) is 60.7 Å². The highest BCUT2D eigenvalue weighted by molar-refractivity contribution is 5.69. The molecule has 0 spiro atoms. The fraction of sp³-hybridized carbons (Fsp3) is 0.579. The van der Waals surface area contributed by atoms with E-state index in [1.165, 1.54) is 12.8 Å². The molecule has 0 unspecified atom stereocenters. The molecule has 0 aliphatic heterocycles. The maximum absolute atomic E-state index is 6.67. The van der Waals surface area contributed by atoms with Gasteiger partial charge in [0.05, 0.1) is 11.2 Å². The van der Waals surface area contributed by atoms with Gasteiger partial charge in [0.2, 0.25) is 0 Å². The molecule has 2 aromatic heterocycles. The third-order valence-corrected chi connectivity index (χ3v) is 5.75. The van der Waals surface area contributed by atoms with E-state index in [-0.39, 0.29) is 6.04 Å². The van der Waals surface area contributed by atoms with Crippen LogP contribution in [0.4, 0.5) is 0 Å². The molecule has 0 saturated heterocycles. The Morgan fingerprint density at radius 1 is 1.27 bits per heavy atom. The molecule has 2 heterocycles. The smallest absolute Gasteiger partial charge is 0.148 e. The van der Waals surface area contributed by atoms with E-state index >= 15 is 0 Å². The highest BCUT2D eigenvalue weighted by Crippen LogP contribution is 2.37. The molecule has 0 bridgehead atoms. The molecule has 2 fully saturated rings. The van der Waals surface area contributed by atoms with Crippen molar-refractivity contribution in [3.8, 4) is 11.4 Å². The van der Waals surface area contributed by atoms with Gasteiger partial charge < -0.3 is 11.5 Å². The van der Waals surface area contributed by atoms with E-state index in [1.807, 2.05) is 17.9 Å². The number of hydrogen-bond acceptors (Lipinski definition) is 6. The van der Waals surface area contributed by atoms with Gasteiger partial charge >= 0.3 is 0 Å². The number of hydrogen-bond donors (Lipinski definition) is 2. The molecule has 2 saturated carbocycles. The van der Waals surface area contributed by atoms with Crippen molar-refractivity contribution in [2.24, 2.45) is 24.4 Å². The van der Waals surface area contributed by atoms with Crippen LogP contribution in [0.5, 0.6) is 0 Å². The van der Waals surface area contributed by atoms with Crippen LogP contribution in [0.25, 0.3) is 17.5 Å². The average Bonchev–Trinajstić information content (AvgIpc) is 3.40. The molecule has 2 aliphatic rings. The van der Waals surface area contributed by atoms with Crippen LogP contribution in [0.2, 0.25) is 0 Å². The first-order valence-electron chi connectivity index (χ1n) is 9.43. The normalized spacial score (nSPS) is 26.0. The summed E-state index contributed by atoms with van der Waals surface area (Å²) >= 11 is 0. The molecule has 0 amide bonds. The summed E-state index contributed by atoms with van der Waals surface area (Å²) in [5.41, 5.74) is 15.8. The molecule has 138 valence electrons. The van der Waals surface area contributed by atoms with Crippen LogP contribution < -0.4 is 11.5 Å². The Bertz CT molecular complexity index is 813. The van der Waals surface area contributed by atoms with E-state index in [4.69, 9.17) is 16.5 Å². The summed E-state index contributed by atoms with van der Waals surface area (Å²) in [6, 6.07) is 0.226. The molecular formula is C19H27N7. The Hall–Kier alpha value is -2.12. The van der Waals surface area contributed by atoms with Crippen LogP contribution in [0.1, 0.15) is 55.6 Å². The summed E-state index contributed by atoms with van der Waals surface area (Å²) in [7, 11) is 1.94. The fourth-order valence-electron chi connectivity index (χ4n) is 3.73. The van der Waals surface area contributed by atoms with Crippen molar-refractivity contribution in [2.75, 3.05) is 0 Å². The van der Waals surface area contributed by atoms with Gasteiger partial charge in [-0.15, -0.1) is 5.10 Å². The van der Waals surface area contributed by atoms with E-state index in [2.05, 4.69) is 21.9 Å². The number of aromatic nitrogens is 5. The first-order valence-corrected chi connectivity index (χ1v) is 9.43. The quantitative estimate of drug-likeness (QED) is 0.850. The van der Waals surface area contributed by atoms with E-state index < -0.39 is 5.54 Å². The molecule has 7 nitrogen and oxygen atoms in total. The Kier molecular flexibility index (Phi) is 4.36. The van der Waals surface area contributed by atoms with Gasteiger partial charge in [-0.05, 0) is 50.9 Å². The second-order valence-corrected chi connectivity index (χ2v) is 7.85. The van der Waals surface area contributed by atoms with Gasteiger partial charge in [0.1, 0.15) is 17.2 Å². The van der Waals surface area contributed by atoms with Gasteiger partial charge in [0, 0.05) is 24.8 Å². The van der Waals surface area contributed by atoms with Crippen LogP contribution in [0, 0.1) is 5.92 Å². The van der Waals surface area contributed by atoms with Gasteiger partial charge in [-0.25, -0.2) is 9.97 Å². The van der Waals surface area contributed by atoms with Crippen molar-refractivity contribution in [3.63, 3.8) is 0 Å². The summed E-state index contributed by atoms with van der Waals surface area (Å²) in [6.07, 6.45) is 10.5. The maximum Gasteiger partial charge on any atom is 0.148 e. The molecule has 26 heavy (non-hydrogen) atoms. The number of aryl methyl sites for hydroxylation is 1. The maximum atomic E-state index is 6.67. The van der Waals surface area contributed by atoms with Gasteiger partial charge in [-0.3, -0.25) is 4.68 Å². The molecule has 4 rings (SSSR count). The standard InChI is InChI=1S/C19H27N7/c1-3-13-11-22-18(19(21)8-6-14(20)7-9-19)23-16(13)17-15(10-12-4-5-12)26(2)25-24-17/h3,11-12,14H,1,4-10,20-21H2,2H3. The first-order chi connectivity index (χ1) is 12.5. The number of nitrogens with two attached hydrogens (primary N) is 2. The van der Waals surface area contributed by atoms with Crippen molar-refractivity contribution in [1.29, 1.82) is 0 Å². The minimum atomic E-state index is -0.525. The summed E-state index contributed by atoms with van der Waals surface area (Å²) in [4.78, 5) is 9.43. The molecule has 2 aromatic rings. The Morgan fingerprint density at radius 3 is 2.65 bits per heavy atom. The van der Waals surface area contributed by atoms with Crippen molar-refractivity contribution in [3.05, 3.63) is 29.9 Å². The second-order valence-electron chi connectivity index (χ2n) is 7.85. The van der Waals surface area contributed by atoms with Crippen LogP contribution in [0.15, 0.2) is 12.8 Å². The molecule has 0 atom stereocenters. The third kappa shape index (κ3) is 3.17. The minimum Gasteiger partial charge on any atom is -0.328 e. The van der Waals surface area contributed by atoms with Crippen LogP contribution >= 0.6 is 0 Å². The topological polar surface area (TPSA) is 109 Å². The third-order valence-electron chi connectivity index (χ3n) is 5.75. The summed E-state index contributed by atoms with van der Waals surface area (Å²) < 4.78 is 1.86. The lowest BCUT2D eigenvalue weighted by molar-refractivity contribution is 0.264. The Labute approximate surface area is 153 Å². The van der Waals surface area contributed by atoms with Crippen LogP contribution in [-0.4, -0.2) is 31.0 Å². The molecule has 2 aliphatic carbocycles. The zero-order valence-corrected chi connectivity index (χ0v) is 15.4. The van der Waals surface area contributed by atoms with Crippen LogP contribution in [-0.2, 0) is 19.0 Å². The second kappa shape index (κ2) is 6.55. The van der Waals surface area contributed by atoms with Crippen LogP contribution in [0.3, 0.4) is 0 Å². The highest BCUT2D eigenvalue weighted by Gasteiger charge is 2.35. The Balaban J connectivity index is 1.75. The lowest BCUT2D eigenvalue weighted by atomic mass is 9.79. The first kappa shape index (κ1) is 17.3. The average molecular weight is 353 g/mol. The van der Waals surface area contributed by atoms with Crippen molar-refractivity contribution < 1.29 is 0 Å². The molecular weight excluding hydrogens is 326 g/mol. The minimum absolute atomic E-state index is 0.226. The van der Waals surface area contributed by atoms with E-state index in [9.17, 15) is 0 Å². The summed E-state index contributed by atoms with van der Waals surface area (Å²) in [5, 5.41) is 8.65. The van der Waals surface area contributed by atoms with Crippen molar-refractivity contribution in [1.82, 2.24) is 25.0 Å². The zero-order chi connectivity index (χ0) is 18.3. The van der Waals surface area contributed by atoms with Crippen molar-refractivity contribution in [2.45, 2.75) is 56.5 Å². The lowest BCUT2D eigenvalue weighted by Gasteiger charge is -2.34. The van der Waals surface area contributed by atoms with Gasteiger partial charge in [-0.1, -0.05) is 17.9 Å². The van der Waals surface area contributed by atoms with Gasteiger partial charge in [-0.2, -0.15) is 0 Å². The monoisotopic (exact) mass is 353 g/mol. The SMILES string of the molecule is C=Cc1cnc(C2(N)CCC(N)CC2)nc1-c1nnn(C)c1CC1CC1. The van der Waals surface area contributed by atoms with E-state index in [1.54, 1.807) is 6.08 Å². The predicted octanol–water partition coefficient (Wildman–Crippen LogP) is 1.92. The molecule has 0 radical (unpaired) electrons. The van der Waals surface area contributed by atoms with E-state index in [0.29, 0.717) is 5.82 Å². The number of nitrogens with zero attached hydrogens (tertiary/aromatic N) is 5. The lowest BCUT2D eigenvalue weighted by Crippen LogP contribution is -2.45. The largest absolute Gasteiger partial charge is 0.328 e. The predicted molar refractivity (Wildman–Crippen MR) is 101 cm³/mol. The van der Waals surface area contributed by atoms with Gasteiger partial charge in [0.25, 0.3) is 0 Å². The summed E-state index contributed by atoms with van der Waals surface area (Å²) in [5.74, 6) is 1.41. The summed E-state index contributed by atoms with van der Waals surface area (Å²) in [6.45, 7) is 3.91. The number of rotatable bonds is 5. The fourth-order valence-corrected chi connectivity index (χ4v) is 3.73. The van der Waals surface area contributed by atoms with Gasteiger partial charge in [0.15, 0.2) is 0 Å². The van der Waals surface area contributed by atoms with Crippen molar-refractivity contribution >= 4 is 6.08 Å². The Morgan fingerprint density at radius 2 is 2.00 bits per heavy atom.